The number of rotatable bonds is 4. The number of allylic oxidation sites excluding steroid dienone is 4. The minimum Gasteiger partial charge on any atom is -0.443 e. The molecule has 0 spiro atoms. The van der Waals surface area contributed by atoms with Crippen molar-refractivity contribution in [3.63, 3.8) is 0 Å². The van der Waals surface area contributed by atoms with Crippen LogP contribution in [0.25, 0.3) is 0 Å². The Kier molecular flexibility index (Phi) is 6.51. The highest BCUT2D eigenvalue weighted by Gasteiger charge is 2.78. The zero-order valence-electron chi connectivity index (χ0n) is 21.0. The van der Waals surface area contributed by atoms with Crippen LogP contribution in [0.15, 0.2) is 40.4 Å². The average Bonchev–Trinajstić information content (AvgIpc) is 3.38. The maximum Gasteiger partial charge on any atom is 0.375 e. The summed E-state index contributed by atoms with van der Waals surface area (Å²) in [5, 5.41) is 10.6. The van der Waals surface area contributed by atoms with Gasteiger partial charge in [-0.3, -0.25) is 9.59 Å². The molecule has 1 N–H and O–H groups in total. The second kappa shape index (κ2) is 8.99. The number of aliphatic hydroxyl groups is 1. The highest BCUT2D eigenvalue weighted by atomic mass is 35.5. The topological polar surface area (TPSA) is 93.8 Å². The number of ether oxygens (including phenoxy) is 1. The molecule has 9 atom stereocenters. The summed E-state index contributed by atoms with van der Waals surface area (Å²) in [7, 11) is 0. The number of aliphatic hydroxyl groups excluding tert-OH is 1. The van der Waals surface area contributed by atoms with Crippen molar-refractivity contribution in [2.24, 2.45) is 28.6 Å². The predicted octanol–water partition coefficient (Wildman–Crippen LogP) is 5.58. The molecule has 4 aliphatic rings. The van der Waals surface area contributed by atoms with Gasteiger partial charge in [-0.15, -0.1) is 0 Å². The molecular formula is C27H28ClF3O6S. The number of halogens is 4. The highest BCUT2D eigenvalue weighted by molar-refractivity contribution is 8.13. The molecular weight excluding hydrogens is 545 g/mol. The van der Waals surface area contributed by atoms with Crippen molar-refractivity contribution in [1.29, 1.82) is 0 Å². The molecule has 0 bridgehead atoms. The van der Waals surface area contributed by atoms with Gasteiger partial charge < -0.3 is 14.3 Å². The van der Waals surface area contributed by atoms with E-state index < -0.39 is 75.0 Å². The van der Waals surface area contributed by atoms with Crippen molar-refractivity contribution >= 4 is 40.2 Å². The van der Waals surface area contributed by atoms with Gasteiger partial charge in [0.25, 0.3) is 0 Å². The first-order valence-electron chi connectivity index (χ1n) is 12.4. The van der Waals surface area contributed by atoms with Gasteiger partial charge in [0.2, 0.25) is 10.9 Å². The number of carbonyl (C=O) groups is 3. The van der Waals surface area contributed by atoms with Gasteiger partial charge in [-0.2, -0.15) is 0 Å². The lowest BCUT2D eigenvalue weighted by Gasteiger charge is -2.63. The normalized spacial score (nSPS) is 43.6. The van der Waals surface area contributed by atoms with Crippen molar-refractivity contribution in [1.82, 2.24) is 0 Å². The van der Waals surface area contributed by atoms with E-state index in [1.807, 2.05) is 0 Å². The van der Waals surface area contributed by atoms with Gasteiger partial charge in [0, 0.05) is 22.7 Å². The molecule has 0 saturated heterocycles. The number of ketones is 1. The SMILES string of the molecule is C[C@@H]1CC2C3C[C@H](F)C4=CC(=O)C=C[C@]4(C)[C@@]3(F)[C@@H](O)C[C@]2(C)[C@@]1(OC(=O)c1ccc(Cl)o1)C(=O)SCF. The van der Waals surface area contributed by atoms with Gasteiger partial charge in [0.15, 0.2) is 22.3 Å². The summed E-state index contributed by atoms with van der Waals surface area (Å²) < 4.78 is 57.6. The number of carbonyl (C=O) groups excluding carboxylic acids is 3. The number of furan rings is 1. The fourth-order valence-corrected chi connectivity index (χ4v) is 8.93. The number of fused-ring (bicyclic) bond motifs is 5. The van der Waals surface area contributed by atoms with Crippen LogP contribution >= 0.6 is 23.4 Å². The fraction of sp³-hybridized carbons (Fsp3) is 0.593. The lowest BCUT2D eigenvalue weighted by Crippen LogP contribution is -2.70. The third-order valence-corrected chi connectivity index (χ3v) is 10.6. The Hall–Kier alpha value is -2.04. The first kappa shape index (κ1) is 27.5. The highest BCUT2D eigenvalue weighted by Crippen LogP contribution is 2.72. The molecule has 0 aromatic carbocycles. The molecule has 0 radical (unpaired) electrons. The van der Waals surface area contributed by atoms with Gasteiger partial charge in [-0.05, 0) is 85.3 Å². The number of hydrogen-bond donors (Lipinski definition) is 1. The van der Waals surface area contributed by atoms with E-state index in [9.17, 15) is 23.9 Å². The van der Waals surface area contributed by atoms with Crippen molar-refractivity contribution in [2.45, 2.75) is 63.6 Å². The third-order valence-electron chi connectivity index (χ3n) is 9.69. The van der Waals surface area contributed by atoms with Gasteiger partial charge in [-0.1, -0.05) is 19.9 Å². The maximum absolute atomic E-state index is 17.4. The molecule has 3 saturated carbocycles. The van der Waals surface area contributed by atoms with E-state index in [2.05, 4.69) is 0 Å². The summed E-state index contributed by atoms with van der Waals surface area (Å²) in [6.07, 6.45) is -0.252. The Morgan fingerprint density at radius 3 is 2.61 bits per heavy atom. The maximum atomic E-state index is 17.4. The summed E-state index contributed by atoms with van der Waals surface area (Å²) in [5.74, 6) is -4.27. The largest absolute Gasteiger partial charge is 0.443 e. The van der Waals surface area contributed by atoms with Crippen LogP contribution in [0.3, 0.4) is 0 Å². The first-order chi connectivity index (χ1) is 17.8. The van der Waals surface area contributed by atoms with E-state index in [1.165, 1.54) is 31.2 Å². The molecule has 206 valence electrons. The quantitative estimate of drug-likeness (QED) is 0.471. The van der Waals surface area contributed by atoms with Crippen molar-refractivity contribution in [2.75, 3.05) is 6.01 Å². The summed E-state index contributed by atoms with van der Waals surface area (Å²) in [4.78, 5) is 38.8. The molecule has 5 rings (SSSR count). The van der Waals surface area contributed by atoms with Crippen LogP contribution in [0.1, 0.15) is 50.6 Å². The molecule has 1 heterocycles. The van der Waals surface area contributed by atoms with Gasteiger partial charge in [0.1, 0.15) is 12.2 Å². The standard InChI is InChI=1S/C27H28ClF3O6S/c1-13-8-15-16-10-18(30)17-9-14(32)6-7-24(17,2)26(16,31)20(33)11-25(15,3)27(13,23(35)38-12-29)37-22(34)19-4-5-21(28)36-19/h4-7,9,13,15-16,18,20,33H,8,10-12H2,1-3H3/t13-,15?,16?,18+,20+,24+,25+,26+,27+/m1/s1. The van der Waals surface area contributed by atoms with Crippen molar-refractivity contribution < 1.29 is 41.8 Å². The van der Waals surface area contributed by atoms with E-state index >= 15 is 8.78 Å². The summed E-state index contributed by atoms with van der Waals surface area (Å²) in [6, 6.07) is 1.51. The second-order valence-corrected chi connectivity index (χ2v) is 12.5. The molecule has 38 heavy (non-hydrogen) atoms. The Labute approximate surface area is 227 Å². The average molecular weight is 573 g/mol. The third kappa shape index (κ3) is 3.41. The number of thioether (sulfide) groups is 1. The van der Waals surface area contributed by atoms with Gasteiger partial charge in [-0.25, -0.2) is 18.0 Å². The Balaban J connectivity index is 1.63. The molecule has 2 unspecified atom stereocenters. The molecule has 1 aromatic heterocycles. The molecule has 1 aromatic rings. The smallest absolute Gasteiger partial charge is 0.375 e. The van der Waals surface area contributed by atoms with Crippen LogP contribution < -0.4 is 0 Å². The predicted molar refractivity (Wildman–Crippen MR) is 134 cm³/mol. The Bertz CT molecular complexity index is 1270. The van der Waals surface area contributed by atoms with Crippen molar-refractivity contribution in [3.05, 3.63) is 46.9 Å². The number of esters is 1. The molecule has 6 nitrogen and oxygen atoms in total. The zero-order chi connectivity index (χ0) is 27.8. The number of hydrogen-bond acceptors (Lipinski definition) is 7. The van der Waals surface area contributed by atoms with Crippen LogP contribution in [0.4, 0.5) is 13.2 Å². The molecule has 11 heteroatoms. The summed E-state index contributed by atoms with van der Waals surface area (Å²) >= 11 is 6.13. The molecule has 3 fully saturated rings. The lowest BCUT2D eigenvalue weighted by molar-refractivity contribution is -0.221. The Morgan fingerprint density at radius 1 is 1.26 bits per heavy atom. The van der Waals surface area contributed by atoms with Crippen LogP contribution in [-0.4, -0.2) is 51.5 Å². The monoisotopic (exact) mass is 572 g/mol. The zero-order valence-corrected chi connectivity index (χ0v) is 22.6. The van der Waals surface area contributed by atoms with Crippen LogP contribution in [0, 0.1) is 28.6 Å². The molecule has 4 aliphatic carbocycles. The summed E-state index contributed by atoms with van der Waals surface area (Å²) in [6.45, 7) is 4.74. The van der Waals surface area contributed by atoms with E-state index in [1.54, 1.807) is 13.8 Å². The summed E-state index contributed by atoms with van der Waals surface area (Å²) in [5.41, 5.74) is -7.32. The minimum absolute atomic E-state index is 0.0195. The Morgan fingerprint density at radius 2 is 1.97 bits per heavy atom. The fourth-order valence-electron chi connectivity index (χ4n) is 8.00. The van der Waals surface area contributed by atoms with E-state index in [0.29, 0.717) is 11.8 Å². The van der Waals surface area contributed by atoms with E-state index in [-0.39, 0.29) is 35.8 Å². The van der Waals surface area contributed by atoms with Gasteiger partial charge >= 0.3 is 5.97 Å². The number of alkyl halides is 3. The lowest BCUT2D eigenvalue weighted by atomic mass is 9.44. The molecule has 0 amide bonds. The van der Waals surface area contributed by atoms with E-state index in [4.69, 9.17) is 20.8 Å². The molecule has 0 aliphatic heterocycles. The van der Waals surface area contributed by atoms with Gasteiger partial charge in [0.05, 0.1) is 6.10 Å². The second-order valence-electron chi connectivity index (χ2n) is 11.3. The first-order valence-corrected chi connectivity index (χ1v) is 13.8. The van der Waals surface area contributed by atoms with Crippen LogP contribution in [0.2, 0.25) is 5.22 Å². The van der Waals surface area contributed by atoms with Crippen LogP contribution in [-0.2, 0) is 14.3 Å². The minimum atomic E-state index is -2.37. The van der Waals surface area contributed by atoms with E-state index in [0.717, 1.165) is 6.08 Å². The van der Waals surface area contributed by atoms with Crippen LogP contribution in [0.5, 0.6) is 0 Å². The van der Waals surface area contributed by atoms with Crippen molar-refractivity contribution in [3.8, 4) is 0 Å².